The zero-order chi connectivity index (χ0) is 14.5. The van der Waals surface area contributed by atoms with E-state index in [1.54, 1.807) is 11.3 Å². The summed E-state index contributed by atoms with van der Waals surface area (Å²) in [4.78, 5) is 13.4. The maximum Gasteiger partial charge on any atom is 0.223 e. The fourth-order valence-electron chi connectivity index (χ4n) is 2.65. The first-order chi connectivity index (χ1) is 10.3. The number of benzene rings is 1. The van der Waals surface area contributed by atoms with Crippen molar-refractivity contribution in [2.45, 2.75) is 31.4 Å². The minimum atomic E-state index is -0.0693. The topological polar surface area (TPSA) is 38.3 Å². The summed E-state index contributed by atoms with van der Waals surface area (Å²) >= 11 is 1.66. The molecule has 0 saturated carbocycles. The van der Waals surface area contributed by atoms with Crippen molar-refractivity contribution in [1.82, 2.24) is 5.32 Å². The summed E-state index contributed by atoms with van der Waals surface area (Å²) < 4.78 is 5.54. The Morgan fingerprint density at radius 3 is 2.81 bits per heavy atom. The van der Waals surface area contributed by atoms with Gasteiger partial charge in [0.2, 0.25) is 5.91 Å². The molecular formula is C17H19NO2S. The molecule has 2 atom stereocenters. The molecule has 1 saturated heterocycles. The molecule has 1 aromatic carbocycles. The average molecular weight is 301 g/mol. The quantitative estimate of drug-likeness (QED) is 0.917. The lowest BCUT2D eigenvalue weighted by Gasteiger charge is -2.19. The third kappa shape index (κ3) is 3.71. The Balaban J connectivity index is 1.72. The van der Waals surface area contributed by atoms with E-state index in [-0.39, 0.29) is 18.1 Å². The third-order valence-corrected chi connectivity index (χ3v) is 4.64. The zero-order valence-electron chi connectivity index (χ0n) is 11.8. The molecule has 4 heteroatoms. The number of hydrogen-bond donors (Lipinski definition) is 1. The lowest BCUT2D eigenvalue weighted by atomic mass is 10.0. The Morgan fingerprint density at radius 2 is 2.14 bits per heavy atom. The number of hydrogen-bond acceptors (Lipinski definition) is 3. The van der Waals surface area contributed by atoms with Crippen molar-refractivity contribution in [3.8, 4) is 0 Å². The molecule has 2 heterocycles. The molecule has 1 aliphatic heterocycles. The fraction of sp³-hybridized carbons (Fsp3) is 0.353. The first kappa shape index (κ1) is 14.3. The summed E-state index contributed by atoms with van der Waals surface area (Å²) in [6, 6.07) is 14.1. The van der Waals surface area contributed by atoms with Crippen LogP contribution in [-0.4, -0.2) is 18.6 Å². The minimum Gasteiger partial charge on any atom is -0.378 e. The van der Waals surface area contributed by atoms with Gasteiger partial charge in [-0.25, -0.2) is 0 Å². The van der Waals surface area contributed by atoms with Gasteiger partial charge in [-0.3, -0.25) is 4.79 Å². The normalized spacial score (nSPS) is 19.3. The van der Waals surface area contributed by atoms with Crippen LogP contribution in [0.5, 0.6) is 0 Å². The molecule has 0 aliphatic carbocycles. The van der Waals surface area contributed by atoms with E-state index in [0.29, 0.717) is 6.42 Å². The van der Waals surface area contributed by atoms with Crippen molar-refractivity contribution in [2.75, 3.05) is 6.61 Å². The van der Waals surface area contributed by atoms with Crippen molar-refractivity contribution in [1.29, 1.82) is 0 Å². The van der Waals surface area contributed by atoms with Crippen LogP contribution in [0.4, 0.5) is 0 Å². The number of ether oxygens (including phenoxy) is 1. The number of nitrogens with one attached hydrogen (secondary N) is 1. The van der Waals surface area contributed by atoms with E-state index in [9.17, 15) is 4.79 Å². The number of rotatable bonds is 5. The fourth-order valence-corrected chi connectivity index (χ4v) is 3.45. The molecule has 0 bridgehead atoms. The maximum absolute atomic E-state index is 12.3. The molecular weight excluding hydrogens is 282 g/mol. The molecule has 1 amide bonds. The molecule has 1 fully saturated rings. The number of carbonyl (C=O) groups is 1. The van der Waals surface area contributed by atoms with Crippen LogP contribution in [0.2, 0.25) is 0 Å². The van der Waals surface area contributed by atoms with Gasteiger partial charge < -0.3 is 10.1 Å². The Hall–Kier alpha value is -1.65. The van der Waals surface area contributed by atoms with Gasteiger partial charge >= 0.3 is 0 Å². The molecule has 1 aromatic heterocycles. The Kier molecular flexibility index (Phi) is 4.68. The second-order valence-corrected chi connectivity index (χ2v) is 6.25. The molecule has 0 radical (unpaired) electrons. The third-order valence-electron chi connectivity index (χ3n) is 3.70. The van der Waals surface area contributed by atoms with Crippen molar-refractivity contribution in [3.05, 3.63) is 58.3 Å². The summed E-state index contributed by atoms with van der Waals surface area (Å²) in [6.07, 6.45) is 2.59. The summed E-state index contributed by atoms with van der Waals surface area (Å²) in [5.74, 6) is 0.0594. The molecule has 1 N–H and O–H groups in total. The summed E-state index contributed by atoms with van der Waals surface area (Å²) in [6.45, 7) is 0.783. The van der Waals surface area contributed by atoms with Crippen LogP contribution in [0.25, 0.3) is 0 Å². The van der Waals surface area contributed by atoms with E-state index in [1.807, 2.05) is 29.6 Å². The van der Waals surface area contributed by atoms with E-state index in [1.165, 1.54) is 0 Å². The highest BCUT2D eigenvalue weighted by atomic mass is 32.1. The molecule has 2 aromatic rings. The summed E-state index contributed by atoms with van der Waals surface area (Å²) in [5.41, 5.74) is 1.11. The minimum absolute atomic E-state index is 0.0594. The van der Waals surface area contributed by atoms with Crippen LogP contribution in [0, 0.1) is 0 Å². The lowest BCUT2D eigenvalue weighted by molar-refractivity contribution is -0.123. The maximum atomic E-state index is 12.3. The van der Waals surface area contributed by atoms with Crippen LogP contribution >= 0.6 is 11.3 Å². The summed E-state index contributed by atoms with van der Waals surface area (Å²) in [7, 11) is 0. The summed E-state index contributed by atoms with van der Waals surface area (Å²) in [5, 5.41) is 5.19. The average Bonchev–Trinajstić information content (AvgIpc) is 3.19. The monoisotopic (exact) mass is 301 g/mol. The molecule has 1 aliphatic rings. The predicted octanol–water partition coefficient (Wildman–Crippen LogP) is 3.52. The number of thiophene rings is 1. The van der Waals surface area contributed by atoms with Crippen molar-refractivity contribution < 1.29 is 9.53 Å². The van der Waals surface area contributed by atoms with Crippen LogP contribution < -0.4 is 5.32 Å². The molecule has 110 valence electrons. The highest BCUT2D eigenvalue weighted by molar-refractivity contribution is 7.10. The molecule has 0 spiro atoms. The standard InChI is InChI=1S/C17H19NO2S/c19-16(12-14-8-4-10-20-14)18-17(15-9-5-11-21-15)13-6-2-1-3-7-13/h1-3,5-7,9,11,14,17H,4,8,10,12H2,(H,18,19)/t14-,17-/m1/s1. The number of carbonyl (C=O) groups excluding carboxylic acids is 1. The van der Waals surface area contributed by atoms with Crippen molar-refractivity contribution in [3.63, 3.8) is 0 Å². The van der Waals surface area contributed by atoms with Gasteiger partial charge in [-0.15, -0.1) is 11.3 Å². The van der Waals surface area contributed by atoms with Crippen molar-refractivity contribution >= 4 is 17.2 Å². The van der Waals surface area contributed by atoms with Gasteiger partial charge in [0.15, 0.2) is 0 Å². The van der Waals surface area contributed by atoms with E-state index in [0.717, 1.165) is 29.9 Å². The first-order valence-electron chi connectivity index (χ1n) is 7.32. The van der Waals surface area contributed by atoms with Crippen LogP contribution in [0.3, 0.4) is 0 Å². The predicted molar refractivity (Wildman–Crippen MR) is 84.3 cm³/mol. The van der Waals surface area contributed by atoms with Gasteiger partial charge in [-0.1, -0.05) is 36.4 Å². The molecule has 3 rings (SSSR count). The van der Waals surface area contributed by atoms with Gasteiger partial charge in [0, 0.05) is 11.5 Å². The largest absolute Gasteiger partial charge is 0.378 e. The second-order valence-electron chi connectivity index (χ2n) is 5.27. The van der Waals surface area contributed by atoms with Crippen LogP contribution in [0.15, 0.2) is 47.8 Å². The van der Waals surface area contributed by atoms with Gasteiger partial charge in [0.25, 0.3) is 0 Å². The van der Waals surface area contributed by atoms with Gasteiger partial charge in [-0.2, -0.15) is 0 Å². The van der Waals surface area contributed by atoms with E-state index in [4.69, 9.17) is 4.74 Å². The van der Waals surface area contributed by atoms with Gasteiger partial charge in [0.05, 0.1) is 18.6 Å². The molecule has 3 nitrogen and oxygen atoms in total. The van der Waals surface area contributed by atoms with Crippen LogP contribution in [-0.2, 0) is 9.53 Å². The Bertz CT molecular complexity index is 562. The highest BCUT2D eigenvalue weighted by Gasteiger charge is 2.22. The lowest BCUT2D eigenvalue weighted by Crippen LogP contribution is -2.31. The Morgan fingerprint density at radius 1 is 1.29 bits per heavy atom. The zero-order valence-corrected chi connectivity index (χ0v) is 12.6. The molecule has 0 unspecified atom stereocenters. The second kappa shape index (κ2) is 6.87. The van der Waals surface area contributed by atoms with E-state index >= 15 is 0 Å². The van der Waals surface area contributed by atoms with E-state index < -0.39 is 0 Å². The first-order valence-corrected chi connectivity index (χ1v) is 8.20. The van der Waals surface area contributed by atoms with Gasteiger partial charge in [0.1, 0.15) is 0 Å². The molecule has 21 heavy (non-hydrogen) atoms. The Labute approximate surface area is 129 Å². The number of amides is 1. The van der Waals surface area contributed by atoms with Gasteiger partial charge in [-0.05, 0) is 29.9 Å². The SMILES string of the molecule is O=C(C[C@H]1CCCO1)N[C@H](c1ccccc1)c1cccs1. The van der Waals surface area contributed by atoms with Crippen molar-refractivity contribution in [2.24, 2.45) is 0 Å². The highest BCUT2D eigenvalue weighted by Crippen LogP contribution is 2.26. The smallest absolute Gasteiger partial charge is 0.223 e. The van der Waals surface area contributed by atoms with E-state index in [2.05, 4.69) is 23.5 Å². The van der Waals surface area contributed by atoms with Crippen LogP contribution in [0.1, 0.15) is 35.7 Å².